The van der Waals surface area contributed by atoms with E-state index >= 15 is 0 Å². The van der Waals surface area contributed by atoms with Gasteiger partial charge < -0.3 is 0 Å². The van der Waals surface area contributed by atoms with Crippen molar-refractivity contribution in [1.82, 2.24) is 0 Å². The third-order valence-electron chi connectivity index (χ3n) is 3.77. The molecule has 0 amide bonds. The Bertz CT molecular complexity index is 543. The Balaban J connectivity index is 1.89. The summed E-state index contributed by atoms with van der Waals surface area (Å²) >= 11 is 0. The predicted molar refractivity (Wildman–Crippen MR) is 76.1 cm³/mol. The molecule has 104 valence electrons. The average Bonchev–Trinajstić information content (AvgIpc) is 2.76. The van der Waals surface area contributed by atoms with Gasteiger partial charge in [-0.05, 0) is 30.7 Å². The van der Waals surface area contributed by atoms with Crippen LogP contribution in [0.1, 0.15) is 42.1 Å². The first-order chi connectivity index (χ1) is 9.00. The van der Waals surface area contributed by atoms with Crippen LogP contribution in [0.5, 0.6) is 0 Å². The van der Waals surface area contributed by atoms with Crippen molar-refractivity contribution in [3.8, 4) is 0 Å². The van der Waals surface area contributed by atoms with Gasteiger partial charge in [-0.15, -0.1) is 0 Å². The van der Waals surface area contributed by atoms with E-state index < -0.39 is 9.84 Å². The molecule has 1 aromatic carbocycles. The van der Waals surface area contributed by atoms with Gasteiger partial charge in [-0.3, -0.25) is 4.79 Å². The molecule has 0 bridgehead atoms. The fraction of sp³-hybridized carbons (Fsp3) is 0.533. The van der Waals surface area contributed by atoms with Crippen LogP contribution in [-0.4, -0.2) is 25.7 Å². The summed E-state index contributed by atoms with van der Waals surface area (Å²) in [6, 6.07) is 7.69. The van der Waals surface area contributed by atoms with Gasteiger partial charge in [-0.25, -0.2) is 8.42 Å². The van der Waals surface area contributed by atoms with Crippen LogP contribution in [0.15, 0.2) is 24.3 Å². The standard InChI is InChI=1S/C15H20O3S/c1-2-15(16)14-7-5-12(6-8-14)3-4-13-9-10-19(17,18)11-13/h5-8,13H,2-4,9-11H2,1H3/t13-/m1/s1. The van der Waals surface area contributed by atoms with E-state index in [1.54, 1.807) is 0 Å². The largest absolute Gasteiger partial charge is 0.294 e. The van der Waals surface area contributed by atoms with Gasteiger partial charge in [0.1, 0.15) is 0 Å². The Morgan fingerprint density at radius 3 is 2.47 bits per heavy atom. The fourth-order valence-corrected chi connectivity index (χ4v) is 4.44. The molecule has 0 N–H and O–H groups in total. The monoisotopic (exact) mass is 280 g/mol. The molecule has 4 heteroatoms. The average molecular weight is 280 g/mol. The number of carbonyl (C=O) groups is 1. The molecule has 0 radical (unpaired) electrons. The van der Waals surface area contributed by atoms with Crippen LogP contribution in [0, 0.1) is 5.92 Å². The normalized spacial score (nSPS) is 21.4. The number of benzene rings is 1. The molecule has 1 aliphatic heterocycles. The molecule has 1 aliphatic rings. The lowest BCUT2D eigenvalue weighted by Crippen LogP contribution is -2.06. The Hall–Kier alpha value is -1.16. The Morgan fingerprint density at radius 1 is 1.26 bits per heavy atom. The Morgan fingerprint density at radius 2 is 1.95 bits per heavy atom. The number of Topliss-reactive ketones (excluding diaryl/α,β-unsaturated/α-hetero) is 1. The highest BCUT2D eigenvalue weighted by Crippen LogP contribution is 2.23. The van der Waals surface area contributed by atoms with Crippen LogP contribution in [0.25, 0.3) is 0 Å². The van der Waals surface area contributed by atoms with Gasteiger partial charge >= 0.3 is 0 Å². The molecule has 19 heavy (non-hydrogen) atoms. The van der Waals surface area contributed by atoms with Crippen LogP contribution in [-0.2, 0) is 16.3 Å². The summed E-state index contributed by atoms with van der Waals surface area (Å²) in [6.07, 6.45) is 3.13. The van der Waals surface area contributed by atoms with Gasteiger partial charge in [0.2, 0.25) is 0 Å². The zero-order valence-corrected chi connectivity index (χ0v) is 12.1. The highest BCUT2D eigenvalue weighted by atomic mass is 32.2. The van der Waals surface area contributed by atoms with E-state index in [1.807, 2.05) is 31.2 Å². The maximum atomic E-state index is 11.5. The zero-order chi connectivity index (χ0) is 13.9. The van der Waals surface area contributed by atoms with Crippen LogP contribution in [0.3, 0.4) is 0 Å². The smallest absolute Gasteiger partial charge is 0.162 e. The van der Waals surface area contributed by atoms with Crippen LogP contribution in [0.4, 0.5) is 0 Å². The van der Waals surface area contributed by atoms with Crippen molar-refractivity contribution in [2.24, 2.45) is 5.92 Å². The summed E-state index contributed by atoms with van der Waals surface area (Å²) in [5, 5.41) is 0. The van der Waals surface area contributed by atoms with E-state index in [-0.39, 0.29) is 5.78 Å². The highest BCUT2D eigenvalue weighted by Gasteiger charge is 2.27. The number of aryl methyl sites for hydroxylation is 1. The summed E-state index contributed by atoms with van der Waals surface area (Å²) in [4.78, 5) is 11.5. The second-order valence-electron chi connectivity index (χ2n) is 5.28. The van der Waals surface area contributed by atoms with Gasteiger partial charge in [-0.2, -0.15) is 0 Å². The quantitative estimate of drug-likeness (QED) is 0.779. The van der Waals surface area contributed by atoms with Crippen molar-refractivity contribution in [2.75, 3.05) is 11.5 Å². The molecule has 0 aliphatic carbocycles. The summed E-state index contributed by atoms with van der Waals surface area (Å²) in [5.41, 5.74) is 1.94. The third-order valence-corrected chi connectivity index (χ3v) is 5.60. The maximum absolute atomic E-state index is 11.5. The first kappa shape index (κ1) is 14.3. The molecule has 1 fully saturated rings. The van der Waals surface area contributed by atoms with Crippen molar-refractivity contribution in [1.29, 1.82) is 0 Å². The Labute approximate surface area is 114 Å². The zero-order valence-electron chi connectivity index (χ0n) is 11.3. The minimum atomic E-state index is -2.77. The summed E-state index contributed by atoms with van der Waals surface area (Å²) in [5.74, 6) is 1.16. The van der Waals surface area contributed by atoms with Gasteiger partial charge in [0, 0.05) is 12.0 Å². The number of rotatable bonds is 5. The van der Waals surface area contributed by atoms with E-state index in [9.17, 15) is 13.2 Å². The van der Waals surface area contributed by atoms with Crippen molar-refractivity contribution < 1.29 is 13.2 Å². The first-order valence-corrected chi connectivity index (χ1v) is 8.65. The second-order valence-corrected chi connectivity index (χ2v) is 7.51. The van der Waals surface area contributed by atoms with Crippen molar-refractivity contribution >= 4 is 15.6 Å². The highest BCUT2D eigenvalue weighted by molar-refractivity contribution is 7.91. The van der Waals surface area contributed by atoms with Crippen LogP contribution < -0.4 is 0 Å². The lowest BCUT2D eigenvalue weighted by molar-refractivity contribution is 0.0988. The fourth-order valence-electron chi connectivity index (χ4n) is 2.53. The van der Waals surface area contributed by atoms with E-state index in [2.05, 4.69) is 0 Å². The van der Waals surface area contributed by atoms with E-state index in [0.29, 0.717) is 23.8 Å². The molecule has 1 saturated heterocycles. The molecule has 0 unspecified atom stereocenters. The molecule has 1 heterocycles. The van der Waals surface area contributed by atoms with Gasteiger partial charge in [0.05, 0.1) is 11.5 Å². The number of hydrogen-bond acceptors (Lipinski definition) is 3. The molecule has 3 nitrogen and oxygen atoms in total. The van der Waals surface area contributed by atoms with Crippen molar-refractivity contribution in [3.63, 3.8) is 0 Å². The topological polar surface area (TPSA) is 51.2 Å². The minimum absolute atomic E-state index is 0.161. The number of ketones is 1. The third kappa shape index (κ3) is 3.90. The molecule has 1 aromatic rings. The van der Waals surface area contributed by atoms with Gasteiger partial charge in [0.25, 0.3) is 0 Å². The predicted octanol–water partition coefficient (Wildman–Crippen LogP) is 2.65. The molecular formula is C15H20O3S. The molecule has 0 saturated carbocycles. The minimum Gasteiger partial charge on any atom is -0.294 e. The van der Waals surface area contributed by atoms with E-state index in [0.717, 1.165) is 24.8 Å². The lowest BCUT2D eigenvalue weighted by Gasteiger charge is -2.07. The number of hydrogen-bond donors (Lipinski definition) is 0. The summed E-state index contributed by atoms with van der Waals surface area (Å²) < 4.78 is 22.7. The molecule has 2 rings (SSSR count). The SMILES string of the molecule is CCC(=O)c1ccc(CC[C@@H]2CCS(=O)(=O)C2)cc1. The second kappa shape index (κ2) is 5.87. The molecule has 0 spiro atoms. The van der Waals surface area contributed by atoms with Crippen molar-refractivity contribution in [3.05, 3.63) is 35.4 Å². The number of sulfone groups is 1. The Kier molecular flexibility index (Phi) is 4.40. The van der Waals surface area contributed by atoms with Crippen LogP contribution >= 0.6 is 0 Å². The maximum Gasteiger partial charge on any atom is 0.162 e. The molecular weight excluding hydrogens is 260 g/mol. The first-order valence-electron chi connectivity index (χ1n) is 6.83. The molecule has 1 atom stereocenters. The van der Waals surface area contributed by atoms with E-state index in [4.69, 9.17) is 0 Å². The van der Waals surface area contributed by atoms with E-state index in [1.165, 1.54) is 5.56 Å². The van der Waals surface area contributed by atoms with Gasteiger partial charge in [0.15, 0.2) is 15.6 Å². The summed E-state index contributed by atoms with van der Waals surface area (Å²) in [6.45, 7) is 1.86. The van der Waals surface area contributed by atoms with Crippen molar-refractivity contribution in [2.45, 2.75) is 32.6 Å². The summed E-state index contributed by atoms with van der Waals surface area (Å²) in [7, 11) is -2.77. The van der Waals surface area contributed by atoms with Crippen LogP contribution in [0.2, 0.25) is 0 Å². The molecule has 0 aromatic heterocycles. The van der Waals surface area contributed by atoms with Gasteiger partial charge in [-0.1, -0.05) is 31.2 Å². The number of carbonyl (C=O) groups excluding carboxylic acids is 1. The lowest BCUT2D eigenvalue weighted by atomic mass is 9.98.